The monoisotopic (exact) mass is 343 g/mol. The summed E-state index contributed by atoms with van der Waals surface area (Å²) in [6.45, 7) is 3.28. The zero-order valence-corrected chi connectivity index (χ0v) is 12.7. The van der Waals surface area contributed by atoms with Gasteiger partial charge in [-0.05, 0) is 53.8 Å². The van der Waals surface area contributed by atoms with Crippen molar-refractivity contribution in [3.05, 3.63) is 27.5 Å². The van der Waals surface area contributed by atoms with Crippen LogP contribution in [0.2, 0.25) is 5.15 Å². The number of rotatable bonds is 2. The highest BCUT2D eigenvalue weighted by Crippen LogP contribution is 2.28. The van der Waals surface area contributed by atoms with E-state index in [-0.39, 0.29) is 17.1 Å². The Hall–Kier alpha value is -0.650. The summed E-state index contributed by atoms with van der Waals surface area (Å²) in [4.78, 5) is 18.7. The minimum absolute atomic E-state index is 0.127. The van der Waals surface area contributed by atoms with Crippen molar-refractivity contribution in [2.75, 3.05) is 19.6 Å². The van der Waals surface area contributed by atoms with Crippen LogP contribution in [0.1, 0.15) is 23.2 Å². The van der Waals surface area contributed by atoms with Crippen molar-refractivity contribution in [1.29, 1.82) is 0 Å². The average Bonchev–Trinajstić information content (AvgIpc) is 2.43. The van der Waals surface area contributed by atoms with Crippen molar-refractivity contribution in [3.63, 3.8) is 0 Å². The highest BCUT2D eigenvalue weighted by Gasteiger charge is 2.35. The van der Waals surface area contributed by atoms with Crippen LogP contribution in [0.3, 0.4) is 0 Å². The van der Waals surface area contributed by atoms with Crippen LogP contribution in [0.15, 0.2) is 16.7 Å². The van der Waals surface area contributed by atoms with Crippen molar-refractivity contribution < 1.29 is 4.79 Å². The van der Waals surface area contributed by atoms with Gasteiger partial charge in [0.25, 0.3) is 5.91 Å². The van der Waals surface area contributed by atoms with Gasteiger partial charge >= 0.3 is 0 Å². The number of nitrogens with one attached hydrogen (secondary N) is 1. The first-order chi connectivity index (χ1) is 9.13. The van der Waals surface area contributed by atoms with Gasteiger partial charge in [0.15, 0.2) is 0 Å². The third-order valence-corrected chi connectivity index (χ3v) is 4.76. The van der Waals surface area contributed by atoms with Crippen molar-refractivity contribution in [3.8, 4) is 0 Å². The van der Waals surface area contributed by atoms with Crippen molar-refractivity contribution >= 4 is 33.4 Å². The highest BCUT2D eigenvalue weighted by molar-refractivity contribution is 9.10. The van der Waals surface area contributed by atoms with Crippen LogP contribution in [0.5, 0.6) is 0 Å². The van der Waals surface area contributed by atoms with E-state index in [1.54, 1.807) is 12.3 Å². The standard InChI is InChI=1S/C13H15BrClN3O/c14-9-5-10(12(15)16-6-9)13(19)17-11-7-18-3-1-8(11)2-4-18/h5-6,8,11H,1-4,7H2,(H,17,19). The van der Waals surface area contributed by atoms with Crippen LogP contribution in [-0.2, 0) is 0 Å². The van der Waals surface area contributed by atoms with E-state index >= 15 is 0 Å². The second-order valence-electron chi connectivity index (χ2n) is 5.21. The molecule has 6 heteroatoms. The van der Waals surface area contributed by atoms with Gasteiger partial charge in [0, 0.05) is 23.3 Å². The number of piperidine rings is 3. The molecule has 3 fully saturated rings. The predicted molar refractivity (Wildman–Crippen MR) is 77.4 cm³/mol. The molecule has 0 aliphatic carbocycles. The second-order valence-corrected chi connectivity index (χ2v) is 6.48. The molecule has 4 nitrogen and oxygen atoms in total. The van der Waals surface area contributed by atoms with Crippen LogP contribution in [0, 0.1) is 5.92 Å². The zero-order valence-electron chi connectivity index (χ0n) is 10.4. The SMILES string of the molecule is O=C(NC1CN2CCC1CC2)c1cc(Br)cnc1Cl. The van der Waals surface area contributed by atoms with E-state index in [2.05, 4.69) is 31.1 Å². The van der Waals surface area contributed by atoms with E-state index in [0.29, 0.717) is 11.5 Å². The first kappa shape index (κ1) is 13.3. The van der Waals surface area contributed by atoms with Crippen LogP contribution < -0.4 is 5.32 Å². The fraction of sp³-hybridized carbons (Fsp3) is 0.538. The Balaban J connectivity index is 1.73. The molecular formula is C13H15BrClN3O. The number of nitrogens with zero attached hydrogens (tertiary/aromatic N) is 2. The first-order valence-corrected chi connectivity index (χ1v) is 7.65. The largest absolute Gasteiger partial charge is 0.348 e. The third-order valence-electron chi connectivity index (χ3n) is 4.02. The van der Waals surface area contributed by atoms with E-state index in [9.17, 15) is 4.79 Å². The van der Waals surface area contributed by atoms with E-state index in [0.717, 1.165) is 24.1 Å². The Kier molecular flexibility index (Phi) is 3.78. The predicted octanol–water partition coefficient (Wildman–Crippen LogP) is 2.32. The molecular weight excluding hydrogens is 330 g/mol. The highest BCUT2D eigenvalue weighted by atomic mass is 79.9. The van der Waals surface area contributed by atoms with E-state index < -0.39 is 0 Å². The number of amides is 1. The van der Waals surface area contributed by atoms with Gasteiger partial charge in [-0.1, -0.05) is 11.6 Å². The molecule has 1 aromatic rings. The molecule has 1 amide bonds. The van der Waals surface area contributed by atoms with Gasteiger partial charge in [0.05, 0.1) is 5.56 Å². The zero-order chi connectivity index (χ0) is 13.4. The summed E-state index contributed by atoms with van der Waals surface area (Å²) in [5.41, 5.74) is 0.437. The van der Waals surface area contributed by atoms with Gasteiger partial charge in [-0.25, -0.2) is 4.98 Å². The van der Waals surface area contributed by atoms with Crippen molar-refractivity contribution in [2.45, 2.75) is 18.9 Å². The summed E-state index contributed by atoms with van der Waals surface area (Å²) in [5.74, 6) is 0.477. The van der Waals surface area contributed by atoms with Gasteiger partial charge in [0.1, 0.15) is 5.15 Å². The fourth-order valence-electron chi connectivity index (χ4n) is 2.96. The third kappa shape index (κ3) is 2.78. The summed E-state index contributed by atoms with van der Waals surface area (Å²) < 4.78 is 0.760. The molecule has 0 radical (unpaired) electrons. The number of hydrogen-bond acceptors (Lipinski definition) is 3. The normalized spacial score (nSPS) is 29.3. The van der Waals surface area contributed by atoms with Gasteiger partial charge in [-0.15, -0.1) is 0 Å². The minimum Gasteiger partial charge on any atom is -0.348 e. The molecule has 19 heavy (non-hydrogen) atoms. The Morgan fingerprint density at radius 2 is 2.21 bits per heavy atom. The maximum atomic E-state index is 12.3. The van der Waals surface area contributed by atoms with Crippen molar-refractivity contribution in [2.24, 2.45) is 5.92 Å². The van der Waals surface area contributed by atoms with Crippen LogP contribution in [0.25, 0.3) is 0 Å². The van der Waals surface area contributed by atoms with Gasteiger partial charge < -0.3 is 10.2 Å². The molecule has 0 saturated carbocycles. The summed E-state index contributed by atoms with van der Waals surface area (Å²) in [7, 11) is 0. The molecule has 1 atom stereocenters. The van der Waals surface area contributed by atoms with Crippen LogP contribution >= 0.6 is 27.5 Å². The summed E-state index contributed by atoms with van der Waals surface area (Å²) in [6, 6.07) is 1.96. The molecule has 0 aromatic carbocycles. The van der Waals surface area contributed by atoms with E-state index in [4.69, 9.17) is 11.6 Å². The number of carbonyl (C=O) groups excluding carboxylic acids is 1. The topological polar surface area (TPSA) is 45.2 Å². The number of fused-ring (bicyclic) bond motifs is 3. The number of hydrogen-bond donors (Lipinski definition) is 1. The lowest BCUT2D eigenvalue weighted by atomic mass is 9.84. The molecule has 4 rings (SSSR count). The number of aromatic nitrogens is 1. The van der Waals surface area contributed by atoms with Crippen LogP contribution in [-0.4, -0.2) is 41.5 Å². The maximum absolute atomic E-state index is 12.3. The van der Waals surface area contributed by atoms with Gasteiger partial charge in [-0.3, -0.25) is 4.79 Å². The molecule has 3 aliphatic rings. The van der Waals surface area contributed by atoms with Crippen molar-refractivity contribution in [1.82, 2.24) is 15.2 Å². The Labute approximate surface area is 125 Å². The molecule has 2 bridgehead atoms. The molecule has 1 unspecified atom stereocenters. The molecule has 3 aliphatic heterocycles. The molecule has 0 spiro atoms. The molecule has 1 aromatic heterocycles. The fourth-order valence-corrected chi connectivity index (χ4v) is 3.48. The van der Waals surface area contributed by atoms with E-state index in [1.165, 1.54) is 12.8 Å². The molecule has 3 saturated heterocycles. The maximum Gasteiger partial charge on any atom is 0.254 e. The first-order valence-electron chi connectivity index (χ1n) is 6.48. The Morgan fingerprint density at radius 3 is 2.84 bits per heavy atom. The molecule has 102 valence electrons. The Bertz CT molecular complexity index is 503. The van der Waals surface area contributed by atoms with Gasteiger partial charge in [0.2, 0.25) is 0 Å². The molecule has 4 heterocycles. The number of pyridine rings is 1. The van der Waals surface area contributed by atoms with Gasteiger partial charge in [-0.2, -0.15) is 0 Å². The summed E-state index contributed by atoms with van der Waals surface area (Å²) in [5, 5.41) is 3.36. The number of halogens is 2. The van der Waals surface area contributed by atoms with E-state index in [1.807, 2.05) is 0 Å². The minimum atomic E-state index is -0.127. The average molecular weight is 345 g/mol. The second kappa shape index (κ2) is 5.38. The lowest BCUT2D eigenvalue weighted by Gasteiger charge is -2.44. The Morgan fingerprint density at radius 1 is 1.47 bits per heavy atom. The molecule has 1 N–H and O–H groups in total. The quantitative estimate of drug-likeness (QED) is 0.838. The number of carbonyl (C=O) groups is 1. The lowest BCUT2D eigenvalue weighted by molar-refractivity contribution is 0.0620. The lowest BCUT2D eigenvalue weighted by Crippen LogP contribution is -2.57. The smallest absolute Gasteiger partial charge is 0.254 e. The summed E-state index contributed by atoms with van der Waals surface area (Å²) >= 11 is 9.30. The summed E-state index contributed by atoms with van der Waals surface area (Å²) in [6.07, 6.45) is 3.94. The van der Waals surface area contributed by atoms with Crippen LogP contribution in [0.4, 0.5) is 0 Å².